The van der Waals surface area contributed by atoms with Gasteiger partial charge in [0.05, 0.1) is 5.25 Å². The Morgan fingerprint density at radius 3 is 2.44 bits per heavy atom. The lowest BCUT2D eigenvalue weighted by atomic mass is 10.4. The van der Waals surface area contributed by atoms with Crippen molar-refractivity contribution in [2.75, 3.05) is 13.1 Å². The maximum Gasteiger partial charge on any atom is 0.247 e. The third-order valence-electron chi connectivity index (χ3n) is 2.67. The Morgan fingerprint density at radius 1 is 1.31 bits per heavy atom. The van der Waals surface area contributed by atoms with E-state index >= 15 is 0 Å². The molecule has 1 fully saturated rings. The highest BCUT2D eigenvalue weighted by Crippen LogP contribution is 2.17. The molecule has 6 heteroatoms. The van der Waals surface area contributed by atoms with Crippen molar-refractivity contribution in [3.63, 3.8) is 0 Å². The van der Waals surface area contributed by atoms with Crippen LogP contribution >= 0.6 is 0 Å². The molecule has 5 nitrogen and oxygen atoms in total. The molecule has 1 aliphatic heterocycles. The van der Waals surface area contributed by atoms with Gasteiger partial charge in [-0.3, -0.25) is 0 Å². The third kappa shape index (κ3) is 2.08. The molecule has 0 aliphatic carbocycles. The van der Waals surface area contributed by atoms with Crippen LogP contribution in [0, 0.1) is 13.8 Å². The molecule has 2 rings (SSSR count). The van der Waals surface area contributed by atoms with Gasteiger partial charge in [0.1, 0.15) is 0 Å². The molecule has 0 saturated carbocycles. The van der Waals surface area contributed by atoms with E-state index in [0.717, 1.165) is 6.54 Å². The molecular formula is C10H15N3O2S. The number of nitrogens with one attached hydrogen (secondary N) is 1. The second-order valence-corrected chi connectivity index (χ2v) is 6.21. The lowest BCUT2D eigenvalue weighted by molar-refractivity contribution is 0.572. The zero-order valence-electron chi connectivity index (χ0n) is 9.40. The van der Waals surface area contributed by atoms with E-state index in [0.29, 0.717) is 24.4 Å². The predicted octanol–water partition coefficient (Wildman–Crippen LogP) is 0.229. The second-order valence-electron chi connectivity index (χ2n) is 4.09. The normalized spacial score (nSPS) is 21.2. The highest BCUT2D eigenvalue weighted by Gasteiger charge is 2.32. The van der Waals surface area contributed by atoms with E-state index < -0.39 is 9.84 Å². The highest BCUT2D eigenvalue weighted by atomic mass is 32.2. The van der Waals surface area contributed by atoms with Crippen molar-refractivity contribution in [3.05, 3.63) is 17.5 Å². The maximum atomic E-state index is 12.2. The molecule has 1 aliphatic rings. The summed E-state index contributed by atoms with van der Waals surface area (Å²) in [7, 11) is -3.37. The van der Waals surface area contributed by atoms with Crippen LogP contribution in [0.3, 0.4) is 0 Å². The van der Waals surface area contributed by atoms with E-state index in [2.05, 4.69) is 15.3 Å². The number of aromatic nitrogens is 2. The lowest BCUT2D eigenvalue weighted by Gasteiger charge is -2.09. The summed E-state index contributed by atoms with van der Waals surface area (Å²) in [4.78, 5) is 8.05. The average Bonchev–Trinajstić information content (AvgIpc) is 2.69. The monoisotopic (exact) mass is 241 g/mol. The van der Waals surface area contributed by atoms with E-state index in [1.807, 2.05) is 0 Å². The summed E-state index contributed by atoms with van der Waals surface area (Å²) in [5.41, 5.74) is 1.38. The SMILES string of the molecule is Cc1cc(C)nc(S(=O)(=O)[C@@H]2CCNC2)n1. The van der Waals surface area contributed by atoms with E-state index in [1.165, 1.54) is 0 Å². The van der Waals surface area contributed by atoms with E-state index in [-0.39, 0.29) is 10.4 Å². The van der Waals surface area contributed by atoms with Crippen LogP contribution in [0.1, 0.15) is 17.8 Å². The lowest BCUT2D eigenvalue weighted by Crippen LogP contribution is -2.26. The van der Waals surface area contributed by atoms with Crippen molar-refractivity contribution in [1.29, 1.82) is 0 Å². The molecule has 2 heterocycles. The van der Waals surface area contributed by atoms with E-state index in [9.17, 15) is 8.42 Å². The van der Waals surface area contributed by atoms with Crippen molar-refractivity contribution in [2.24, 2.45) is 0 Å². The Hall–Kier alpha value is -1.01. The molecular weight excluding hydrogens is 226 g/mol. The van der Waals surface area contributed by atoms with E-state index in [4.69, 9.17) is 0 Å². The van der Waals surface area contributed by atoms with Crippen molar-refractivity contribution < 1.29 is 8.42 Å². The molecule has 1 atom stereocenters. The van der Waals surface area contributed by atoms with Gasteiger partial charge in [-0.2, -0.15) is 0 Å². The van der Waals surface area contributed by atoms with Crippen LogP contribution in [0.25, 0.3) is 0 Å². The average molecular weight is 241 g/mol. The molecule has 1 aromatic rings. The summed E-state index contributed by atoms with van der Waals surface area (Å²) in [6, 6.07) is 1.77. The predicted molar refractivity (Wildman–Crippen MR) is 60.0 cm³/mol. The first-order chi connectivity index (χ1) is 7.50. The number of sulfone groups is 1. The molecule has 16 heavy (non-hydrogen) atoms. The first-order valence-electron chi connectivity index (χ1n) is 5.27. The van der Waals surface area contributed by atoms with Crippen LogP contribution in [0.2, 0.25) is 0 Å². The van der Waals surface area contributed by atoms with Gasteiger partial charge in [0.2, 0.25) is 15.0 Å². The molecule has 0 bridgehead atoms. The summed E-state index contributed by atoms with van der Waals surface area (Å²) >= 11 is 0. The number of hydrogen-bond donors (Lipinski definition) is 1. The molecule has 0 radical (unpaired) electrons. The van der Waals surface area contributed by atoms with Gasteiger partial charge < -0.3 is 5.32 Å². The minimum Gasteiger partial charge on any atom is -0.315 e. The molecule has 1 saturated heterocycles. The minimum absolute atomic E-state index is 0.0290. The zero-order valence-corrected chi connectivity index (χ0v) is 10.2. The molecule has 1 N–H and O–H groups in total. The summed E-state index contributed by atoms with van der Waals surface area (Å²) in [5.74, 6) is 0. The van der Waals surface area contributed by atoms with Gasteiger partial charge in [-0.15, -0.1) is 0 Å². The van der Waals surface area contributed by atoms with Gasteiger partial charge >= 0.3 is 0 Å². The van der Waals surface area contributed by atoms with Crippen molar-refractivity contribution in [2.45, 2.75) is 30.7 Å². The molecule has 1 aromatic heterocycles. The van der Waals surface area contributed by atoms with Gasteiger partial charge in [-0.05, 0) is 32.9 Å². The summed E-state index contributed by atoms with van der Waals surface area (Å²) in [6.07, 6.45) is 0.638. The first kappa shape index (κ1) is 11.5. The number of nitrogens with zero attached hydrogens (tertiary/aromatic N) is 2. The minimum atomic E-state index is -3.37. The topological polar surface area (TPSA) is 72.0 Å². The smallest absolute Gasteiger partial charge is 0.247 e. The molecule has 0 amide bonds. The van der Waals surface area contributed by atoms with Gasteiger partial charge in [-0.1, -0.05) is 0 Å². The number of rotatable bonds is 2. The Labute approximate surface area is 95.2 Å². The van der Waals surface area contributed by atoms with Gasteiger partial charge in [0.15, 0.2) is 0 Å². The number of hydrogen-bond acceptors (Lipinski definition) is 5. The third-order valence-corrected chi connectivity index (χ3v) is 4.64. The van der Waals surface area contributed by atoms with Crippen LogP contribution < -0.4 is 5.32 Å². The Kier molecular flexibility index (Phi) is 2.94. The van der Waals surface area contributed by atoms with Gasteiger partial charge in [0.25, 0.3) is 0 Å². The fourth-order valence-electron chi connectivity index (χ4n) is 1.86. The molecule has 0 spiro atoms. The first-order valence-corrected chi connectivity index (χ1v) is 6.81. The van der Waals surface area contributed by atoms with Crippen LogP contribution in [0.15, 0.2) is 11.2 Å². The fraction of sp³-hybridized carbons (Fsp3) is 0.600. The van der Waals surface area contributed by atoms with Crippen molar-refractivity contribution in [1.82, 2.24) is 15.3 Å². The van der Waals surface area contributed by atoms with Gasteiger partial charge in [-0.25, -0.2) is 18.4 Å². The molecule has 88 valence electrons. The van der Waals surface area contributed by atoms with Crippen LogP contribution in [0.5, 0.6) is 0 Å². The van der Waals surface area contributed by atoms with E-state index in [1.54, 1.807) is 19.9 Å². The summed E-state index contributed by atoms with van der Waals surface area (Å²) < 4.78 is 24.3. The van der Waals surface area contributed by atoms with Gasteiger partial charge in [0, 0.05) is 17.9 Å². The Bertz CT molecular complexity index is 473. The highest BCUT2D eigenvalue weighted by molar-refractivity contribution is 7.91. The standard InChI is InChI=1S/C10H15N3O2S/c1-7-5-8(2)13-10(12-7)16(14,15)9-3-4-11-6-9/h5,9,11H,3-4,6H2,1-2H3/t9-/m1/s1. The molecule has 0 unspecified atom stereocenters. The van der Waals surface area contributed by atoms with Crippen molar-refractivity contribution >= 4 is 9.84 Å². The summed E-state index contributed by atoms with van der Waals surface area (Å²) in [5, 5.41) is 2.63. The quantitative estimate of drug-likeness (QED) is 0.750. The van der Waals surface area contributed by atoms with Crippen LogP contribution in [-0.2, 0) is 9.84 Å². The second kappa shape index (κ2) is 4.10. The Balaban J connectivity index is 2.42. The Morgan fingerprint density at radius 2 is 1.94 bits per heavy atom. The van der Waals surface area contributed by atoms with Crippen LogP contribution in [0.4, 0.5) is 0 Å². The fourth-order valence-corrected chi connectivity index (χ4v) is 3.47. The molecule has 0 aromatic carbocycles. The maximum absolute atomic E-state index is 12.2. The van der Waals surface area contributed by atoms with Crippen molar-refractivity contribution in [3.8, 4) is 0 Å². The largest absolute Gasteiger partial charge is 0.315 e. The zero-order chi connectivity index (χ0) is 11.8. The van der Waals surface area contributed by atoms with Crippen LogP contribution in [-0.4, -0.2) is 36.7 Å². The summed E-state index contributed by atoms with van der Waals surface area (Å²) in [6.45, 7) is 4.80. The number of aryl methyl sites for hydroxylation is 2.